The van der Waals surface area contributed by atoms with Crippen LogP contribution in [0.1, 0.15) is 106 Å². The van der Waals surface area contributed by atoms with E-state index in [2.05, 4.69) is 41.5 Å². The summed E-state index contributed by atoms with van der Waals surface area (Å²) in [6, 6.07) is 0. The van der Waals surface area contributed by atoms with Gasteiger partial charge in [0, 0.05) is 0 Å². The summed E-state index contributed by atoms with van der Waals surface area (Å²) in [6.45, 7) is 14.9. The molecule has 0 aromatic carbocycles. The molecule has 30 heavy (non-hydrogen) atoms. The van der Waals surface area contributed by atoms with Crippen molar-refractivity contribution >= 4 is 0 Å². The SMILES string of the molecule is CC(C)CCCC(C)C1CCC2C3C(O)CC4CC(O)CCC4(C)C3C[C@@H](C)C12C. The molecule has 0 saturated heterocycles. The Hall–Kier alpha value is -0.0800. The molecule has 0 bridgehead atoms. The van der Waals surface area contributed by atoms with Crippen molar-refractivity contribution in [2.45, 2.75) is 118 Å². The van der Waals surface area contributed by atoms with Crippen LogP contribution in [0, 0.1) is 58.2 Å². The zero-order valence-corrected chi connectivity index (χ0v) is 20.7. The van der Waals surface area contributed by atoms with Gasteiger partial charge >= 0.3 is 0 Å². The van der Waals surface area contributed by atoms with Crippen molar-refractivity contribution in [1.29, 1.82) is 0 Å². The van der Waals surface area contributed by atoms with Gasteiger partial charge in [-0.2, -0.15) is 0 Å². The normalized spacial score (nSPS) is 51.9. The summed E-state index contributed by atoms with van der Waals surface area (Å²) in [5.74, 6) is 5.57. The number of aliphatic hydroxyl groups is 2. The second-order valence-electron chi connectivity index (χ2n) is 13.2. The van der Waals surface area contributed by atoms with Crippen LogP contribution in [-0.4, -0.2) is 22.4 Å². The molecule has 0 heterocycles. The van der Waals surface area contributed by atoms with E-state index in [1.54, 1.807) is 0 Å². The van der Waals surface area contributed by atoms with Crippen LogP contribution >= 0.6 is 0 Å². The van der Waals surface area contributed by atoms with E-state index in [0.29, 0.717) is 34.5 Å². The molecule has 0 aromatic heterocycles. The molecule has 4 aliphatic carbocycles. The molecule has 4 rings (SSSR count). The molecule has 0 spiro atoms. The van der Waals surface area contributed by atoms with Gasteiger partial charge in [0.2, 0.25) is 0 Å². The molecule has 4 aliphatic rings. The van der Waals surface area contributed by atoms with Gasteiger partial charge in [-0.25, -0.2) is 0 Å². The van der Waals surface area contributed by atoms with Gasteiger partial charge in [-0.1, -0.05) is 60.8 Å². The van der Waals surface area contributed by atoms with E-state index < -0.39 is 0 Å². The lowest BCUT2D eigenvalue weighted by atomic mass is 9.41. The second-order valence-corrected chi connectivity index (χ2v) is 13.2. The number of hydrogen-bond acceptors (Lipinski definition) is 2. The van der Waals surface area contributed by atoms with Crippen LogP contribution in [0.15, 0.2) is 0 Å². The standard InChI is InChI=1S/C28H50O2/c1-17(2)8-7-9-18(3)22-10-11-23-26-24(14-19(4)28(22,23)6)27(5)13-12-21(29)15-20(27)16-25(26)30/h17-26,29-30H,7-16H2,1-6H3/t18?,19-,20?,21?,22?,23?,24?,25?,26?,27?,28?/m1/s1. The maximum Gasteiger partial charge on any atom is 0.0577 e. The highest BCUT2D eigenvalue weighted by molar-refractivity contribution is 5.13. The molecule has 2 N–H and O–H groups in total. The highest BCUT2D eigenvalue weighted by atomic mass is 16.3. The topological polar surface area (TPSA) is 40.5 Å². The predicted octanol–water partition coefficient (Wildman–Crippen LogP) is 6.69. The Labute approximate surface area is 186 Å². The van der Waals surface area contributed by atoms with Crippen molar-refractivity contribution in [3.05, 3.63) is 0 Å². The Morgan fingerprint density at radius 1 is 0.900 bits per heavy atom. The quantitative estimate of drug-likeness (QED) is 0.522. The van der Waals surface area contributed by atoms with E-state index in [4.69, 9.17) is 0 Å². The molecule has 4 fully saturated rings. The molecule has 0 radical (unpaired) electrons. The largest absolute Gasteiger partial charge is 0.393 e. The van der Waals surface area contributed by atoms with Crippen LogP contribution < -0.4 is 0 Å². The van der Waals surface area contributed by atoms with Crippen molar-refractivity contribution < 1.29 is 10.2 Å². The number of fused-ring (bicyclic) bond motifs is 5. The van der Waals surface area contributed by atoms with Gasteiger partial charge in [0.15, 0.2) is 0 Å². The first-order valence-corrected chi connectivity index (χ1v) is 13.4. The Morgan fingerprint density at radius 2 is 1.63 bits per heavy atom. The van der Waals surface area contributed by atoms with Crippen molar-refractivity contribution in [1.82, 2.24) is 0 Å². The molecule has 4 saturated carbocycles. The van der Waals surface area contributed by atoms with E-state index in [1.807, 2.05) is 0 Å². The molecular weight excluding hydrogens is 368 g/mol. The Bertz CT molecular complexity index is 601. The number of rotatable bonds is 5. The summed E-state index contributed by atoms with van der Waals surface area (Å²) in [5, 5.41) is 21.7. The molecule has 11 atom stereocenters. The summed E-state index contributed by atoms with van der Waals surface area (Å²) < 4.78 is 0. The van der Waals surface area contributed by atoms with E-state index in [-0.39, 0.29) is 12.2 Å². The minimum atomic E-state index is -0.148. The van der Waals surface area contributed by atoms with Crippen LogP contribution in [-0.2, 0) is 0 Å². The maximum absolute atomic E-state index is 11.4. The third kappa shape index (κ3) is 3.60. The molecular formula is C28H50O2. The van der Waals surface area contributed by atoms with E-state index in [0.717, 1.165) is 49.4 Å². The molecule has 2 heteroatoms. The van der Waals surface area contributed by atoms with Crippen molar-refractivity contribution in [2.75, 3.05) is 0 Å². The Morgan fingerprint density at radius 3 is 2.33 bits per heavy atom. The van der Waals surface area contributed by atoms with Gasteiger partial charge in [-0.15, -0.1) is 0 Å². The molecule has 2 nitrogen and oxygen atoms in total. The van der Waals surface area contributed by atoms with E-state index in [9.17, 15) is 10.2 Å². The lowest BCUT2D eigenvalue weighted by Gasteiger charge is -2.64. The fourth-order valence-electron chi connectivity index (χ4n) is 9.56. The lowest BCUT2D eigenvalue weighted by molar-refractivity contribution is -0.189. The fraction of sp³-hybridized carbons (Fsp3) is 1.00. The maximum atomic E-state index is 11.4. The monoisotopic (exact) mass is 418 g/mol. The zero-order chi connectivity index (χ0) is 21.8. The summed E-state index contributed by atoms with van der Waals surface area (Å²) in [6.07, 6.45) is 11.8. The van der Waals surface area contributed by atoms with Gasteiger partial charge in [0.05, 0.1) is 12.2 Å². The summed E-state index contributed by atoms with van der Waals surface area (Å²) in [7, 11) is 0. The van der Waals surface area contributed by atoms with Gasteiger partial charge in [0.25, 0.3) is 0 Å². The predicted molar refractivity (Wildman–Crippen MR) is 125 cm³/mol. The average Bonchev–Trinajstić information content (AvgIpc) is 3.02. The van der Waals surface area contributed by atoms with Gasteiger partial charge < -0.3 is 10.2 Å². The summed E-state index contributed by atoms with van der Waals surface area (Å²) >= 11 is 0. The van der Waals surface area contributed by atoms with Crippen molar-refractivity contribution in [3.63, 3.8) is 0 Å². The van der Waals surface area contributed by atoms with Crippen LogP contribution in [0.4, 0.5) is 0 Å². The first kappa shape index (κ1) is 23.1. The van der Waals surface area contributed by atoms with Gasteiger partial charge in [0.1, 0.15) is 0 Å². The van der Waals surface area contributed by atoms with Crippen molar-refractivity contribution in [2.24, 2.45) is 58.2 Å². The summed E-state index contributed by atoms with van der Waals surface area (Å²) in [4.78, 5) is 0. The lowest BCUT2D eigenvalue weighted by Crippen LogP contribution is -2.60. The first-order chi connectivity index (χ1) is 14.1. The highest BCUT2D eigenvalue weighted by Gasteiger charge is 2.64. The third-order valence-corrected chi connectivity index (χ3v) is 11.4. The molecule has 0 aromatic rings. The van der Waals surface area contributed by atoms with Crippen molar-refractivity contribution in [3.8, 4) is 0 Å². The Kier molecular flexibility index (Phi) is 6.44. The highest BCUT2D eigenvalue weighted by Crippen LogP contribution is 2.69. The van der Waals surface area contributed by atoms with Gasteiger partial charge in [-0.05, 0) is 103 Å². The molecule has 10 unspecified atom stereocenters. The number of hydrogen-bond donors (Lipinski definition) is 2. The number of aliphatic hydroxyl groups excluding tert-OH is 2. The molecule has 174 valence electrons. The van der Waals surface area contributed by atoms with E-state index in [1.165, 1.54) is 38.5 Å². The second kappa shape index (κ2) is 8.36. The zero-order valence-electron chi connectivity index (χ0n) is 20.7. The minimum Gasteiger partial charge on any atom is -0.393 e. The smallest absolute Gasteiger partial charge is 0.0577 e. The van der Waals surface area contributed by atoms with Crippen LogP contribution in [0.25, 0.3) is 0 Å². The Balaban J connectivity index is 1.56. The molecule has 0 aliphatic heterocycles. The first-order valence-electron chi connectivity index (χ1n) is 13.4. The van der Waals surface area contributed by atoms with Crippen LogP contribution in [0.3, 0.4) is 0 Å². The van der Waals surface area contributed by atoms with Crippen LogP contribution in [0.2, 0.25) is 0 Å². The fourth-order valence-corrected chi connectivity index (χ4v) is 9.56. The third-order valence-electron chi connectivity index (χ3n) is 11.4. The molecule has 0 amide bonds. The summed E-state index contributed by atoms with van der Waals surface area (Å²) in [5.41, 5.74) is 0.733. The minimum absolute atomic E-state index is 0.138. The van der Waals surface area contributed by atoms with Gasteiger partial charge in [-0.3, -0.25) is 0 Å². The van der Waals surface area contributed by atoms with Crippen LogP contribution in [0.5, 0.6) is 0 Å². The van der Waals surface area contributed by atoms with E-state index >= 15 is 0 Å². The average molecular weight is 419 g/mol.